The molecule has 0 fully saturated rings. The number of nitrogens with zero attached hydrogens (tertiary/aromatic N) is 3. The van der Waals surface area contributed by atoms with E-state index >= 15 is 0 Å². The van der Waals surface area contributed by atoms with Crippen molar-refractivity contribution >= 4 is 28.5 Å². The Hall–Kier alpha value is -2.34. The Morgan fingerprint density at radius 2 is 2.24 bits per heavy atom. The van der Waals surface area contributed by atoms with Gasteiger partial charge in [-0.25, -0.2) is 4.98 Å². The summed E-state index contributed by atoms with van der Waals surface area (Å²) < 4.78 is 1.94. The van der Waals surface area contributed by atoms with E-state index in [1.54, 1.807) is 6.20 Å². The predicted octanol–water partition coefficient (Wildman–Crippen LogP) is 2.91. The van der Waals surface area contributed by atoms with Gasteiger partial charge in [0.05, 0.1) is 17.1 Å². The topological polar surface area (TPSA) is 68.0 Å². The normalized spacial score (nSPS) is 10.9. The van der Waals surface area contributed by atoms with Gasteiger partial charge in [0.15, 0.2) is 5.16 Å². The molecule has 1 aromatic carbocycles. The highest BCUT2D eigenvalue weighted by Gasteiger charge is 2.12. The average Bonchev–Trinajstić information content (AvgIpc) is 2.85. The van der Waals surface area contributed by atoms with Crippen LogP contribution in [0.5, 0.6) is 0 Å². The molecule has 3 aromatic rings. The summed E-state index contributed by atoms with van der Waals surface area (Å²) in [5.41, 5.74) is 1.83. The van der Waals surface area contributed by atoms with Crippen LogP contribution in [0.3, 0.4) is 0 Å². The zero-order valence-electron chi connectivity index (χ0n) is 11.4. The molecule has 5 nitrogen and oxygen atoms in total. The fourth-order valence-corrected chi connectivity index (χ4v) is 2.94. The van der Waals surface area contributed by atoms with Gasteiger partial charge in [-0.15, -0.1) is 0 Å². The highest BCUT2D eigenvalue weighted by molar-refractivity contribution is 7.99. The number of imidazole rings is 1. The number of carboxylic acids is 1. The first-order valence-corrected chi connectivity index (χ1v) is 7.37. The summed E-state index contributed by atoms with van der Waals surface area (Å²) in [4.78, 5) is 19.3. The van der Waals surface area contributed by atoms with Crippen LogP contribution in [0.25, 0.3) is 16.5 Å². The first-order chi connectivity index (χ1) is 10.1. The molecule has 0 radical (unpaired) electrons. The third-order valence-corrected chi connectivity index (χ3v) is 3.97. The third kappa shape index (κ3) is 2.75. The monoisotopic (exact) mass is 299 g/mol. The van der Waals surface area contributed by atoms with Gasteiger partial charge >= 0.3 is 5.97 Å². The SMILES string of the molecule is Cc1cn(-c2cccc3cnccc23)c(SCC(=O)O)n1. The second-order valence-corrected chi connectivity index (χ2v) is 5.53. The maximum atomic E-state index is 10.8. The number of aromatic nitrogens is 3. The Morgan fingerprint density at radius 1 is 1.38 bits per heavy atom. The number of carboxylic acid groups (broad SMARTS) is 1. The van der Waals surface area contributed by atoms with Crippen molar-refractivity contribution in [3.63, 3.8) is 0 Å². The quantitative estimate of drug-likeness (QED) is 0.750. The van der Waals surface area contributed by atoms with Crippen molar-refractivity contribution < 1.29 is 9.90 Å². The molecular formula is C15H13N3O2S. The molecule has 0 aliphatic rings. The fraction of sp³-hybridized carbons (Fsp3) is 0.133. The third-order valence-electron chi connectivity index (χ3n) is 3.04. The summed E-state index contributed by atoms with van der Waals surface area (Å²) in [7, 11) is 0. The van der Waals surface area contributed by atoms with Crippen molar-refractivity contribution in [2.24, 2.45) is 0 Å². The maximum Gasteiger partial charge on any atom is 0.313 e. The Balaban J connectivity index is 2.12. The van der Waals surface area contributed by atoms with E-state index in [1.165, 1.54) is 11.8 Å². The molecular weight excluding hydrogens is 286 g/mol. The zero-order chi connectivity index (χ0) is 14.8. The van der Waals surface area contributed by atoms with Gasteiger partial charge in [0.25, 0.3) is 0 Å². The van der Waals surface area contributed by atoms with E-state index in [0.717, 1.165) is 22.2 Å². The molecule has 0 unspecified atom stereocenters. The molecule has 0 aliphatic carbocycles. The van der Waals surface area contributed by atoms with Crippen LogP contribution in [0.1, 0.15) is 5.69 Å². The molecule has 2 heterocycles. The molecule has 0 aliphatic heterocycles. The number of rotatable bonds is 4. The molecule has 21 heavy (non-hydrogen) atoms. The summed E-state index contributed by atoms with van der Waals surface area (Å²) in [5, 5.41) is 11.6. The van der Waals surface area contributed by atoms with Gasteiger partial charge in [-0.3, -0.25) is 14.3 Å². The van der Waals surface area contributed by atoms with E-state index in [2.05, 4.69) is 9.97 Å². The number of aliphatic carboxylic acids is 1. The summed E-state index contributed by atoms with van der Waals surface area (Å²) >= 11 is 1.22. The molecule has 0 saturated heterocycles. The Bertz CT molecular complexity index is 808. The van der Waals surface area contributed by atoms with E-state index in [4.69, 9.17) is 5.11 Å². The maximum absolute atomic E-state index is 10.8. The Morgan fingerprint density at radius 3 is 3.05 bits per heavy atom. The molecule has 0 spiro atoms. The zero-order valence-corrected chi connectivity index (χ0v) is 12.2. The summed E-state index contributed by atoms with van der Waals surface area (Å²) in [5.74, 6) is -0.864. The van der Waals surface area contributed by atoms with Gasteiger partial charge in [-0.2, -0.15) is 0 Å². The lowest BCUT2D eigenvalue weighted by Crippen LogP contribution is -2.01. The number of carbonyl (C=O) groups is 1. The first kappa shape index (κ1) is 13.6. The number of pyridine rings is 1. The van der Waals surface area contributed by atoms with E-state index in [1.807, 2.05) is 48.1 Å². The molecule has 6 heteroatoms. The Kier molecular flexibility index (Phi) is 3.62. The van der Waals surface area contributed by atoms with Gasteiger partial charge in [-0.05, 0) is 19.1 Å². The van der Waals surface area contributed by atoms with E-state index in [-0.39, 0.29) is 5.75 Å². The lowest BCUT2D eigenvalue weighted by atomic mass is 10.1. The van der Waals surface area contributed by atoms with E-state index < -0.39 is 5.97 Å². The number of thioether (sulfide) groups is 1. The van der Waals surface area contributed by atoms with Crippen molar-refractivity contribution in [3.8, 4) is 5.69 Å². The van der Waals surface area contributed by atoms with E-state index in [9.17, 15) is 4.79 Å². The van der Waals surface area contributed by atoms with Crippen LogP contribution >= 0.6 is 11.8 Å². The summed E-state index contributed by atoms with van der Waals surface area (Å²) in [6, 6.07) is 7.90. The highest BCUT2D eigenvalue weighted by atomic mass is 32.2. The molecule has 0 amide bonds. The minimum Gasteiger partial charge on any atom is -0.481 e. The molecule has 0 saturated carbocycles. The highest BCUT2D eigenvalue weighted by Crippen LogP contribution is 2.27. The van der Waals surface area contributed by atoms with Gasteiger partial charge in [0.2, 0.25) is 0 Å². The molecule has 0 atom stereocenters. The van der Waals surface area contributed by atoms with Crippen molar-refractivity contribution in [2.75, 3.05) is 5.75 Å². The van der Waals surface area contributed by atoms with Crippen LogP contribution < -0.4 is 0 Å². The second-order valence-electron chi connectivity index (χ2n) is 4.59. The number of aryl methyl sites for hydroxylation is 1. The van der Waals surface area contributed by atoms with Gasteiger partial charge in [0, 0.05) is 29.4 Å². The lowest BCUT2D eigenvalue weighted by Gasteiger charge is -2.09. The lowest BCUT2D eigenvalue weighted by molar-refractivity contribution is -0.133. The largest absolute Gasteiger partial charge is 0.481 e. The molecule has 0 bridgehead atoms. The smallest absolute Gasteiger partial charge is 0.313 e. The summed E-state index contributed by atoms with van der Waals surface area (Å²) in [6.45, 7) is 1.90. The van der Waals surface area contributed by atoms with Crippen molar-refractivity contribution in [2.45, 2.75) is 12.1 Å². The minimum absolute atomic E-state index is 0.0111. The van der Waals surface area contributed by atoms with Crippen LogP contribution in [0, 0.1) is 6.92 Å². The van der Waals surface area contributed by atoms with Crippen LogP contribution in [-0.2, 0) is 4.79 Å². The molecule has 2 aromatic heterocycles. The number of hydrogen-bond acceptors (Lipinski definition) is 4. The van der Waals surface area contributed by atoms with Crippen LogP contribution in [0.15, 0.2) is 48.0 Å². The average molecular weight is 299 g/mol. The van der Waals surface area contributed by atoms with Gasteiger partial charge < -0.3 is 5.11 Å². The fourth-order valence-electron chi connectivity index (χ4n) is 2.19. The van der Waals surface area contributed by atoms with Crippen molar-refractivity contribution in [1.29, 1.82) is 0 Å². The summed E-state index contributed by atoms with van der Waals surface area (Å²) in [6.07, 6.45) is 5.48. The van der Waals surface area contributed by atoms with Crippen LogP contribution in [0.4, 0.5) is 0 Å². The van der Waals surface area contributed by atoms with Crippen molar-refractivity contribution in [3.05, 3.63) is 48.5 Å². The van der Waals surface area contributed by atoms with Crippen LogP contribution in [0.2, 0.25) is 0 Å². The molecule has 3 rings (SSSR count). The van der Waals surface area contributed by atoms with Crippen LogP contribution in [-0.4, -0.2) is 31.4 Å². The van der Waals surface area contributed by atoms with Gasteiger partial charge in [-0.1, -0.05) is 23.9 Å². The number of benzene rings is 1. The predicted molar refractivity (Wildman–Crippen MR) is 82.0 cm³/mol. The van der Waals surface area contributed by atoms with Crippen molar-refractivity contribution in [1.82, 2.24) is 14.5 Å². The number of hydrogen-bond donors (Lipinski definition) is 1. The molecule has 106 valence electrons. The number of fused-ring (bicyclic) bond motifs is 1. The Labute approximate surface area is 125 Å². The molecule has 1 N–H and O–H groups in total. The second kappa shape index (κ2) is 5.57. The first-order valence-electron chi connectivity index (χ1n) is 6.39. The van der Waals surface area contributed by atoms with Gasteiger partial charge in [0.1, 0.15) is 0 Å². The van der Waals surface area contributed by atoms with E-state index in [0.29, 0.717) is 5.16 Å². The standard InChI is InChI=1S/C15H13N3O2S/c1-10-8-18(15(17-10)21-9-14(19)20)13-4-2-3-11-7-16-6-5-12(11)13/h2-8H,9H2,1H3,(H,19,20). The minimum atomic E-state index is -0.852.